The lowest BCUT2D eigenvalue weighted by atomic mass is 9.86. The van der Waals surface area contributed by atoms with Crippen LogP contribution in [-0.4, -0.2) is 35.0 Å². The fraction of sp³-hybridized carbons (Fsp3) is 0.667. The summed E-state index contributed by atoms with van der Waals surface area (Å²) in [5.74, 6) is 0. The molecule has 0 bridgehead atoms. The number of ether oxygens (including phenoxy) is 1. The van der Waals surface area contributed by atoms with E-state index in [1.807, 2.05) is 20.8 Å². The second-order valence-electron chi connectivity index (χ2n) is 9.30. The number of aliphatic hydroxyl groups excluding tert-OH is 1. The van der Waals surface area contributed by atoms with Crippen molar-refractivity contribution in [3.8, 4) is 0 Å². The first-order chi connectivity index (χ1) is 11.9. The van der Waals surface area contributed by atoms with Gasteiger partial charge in [-0.15, -0.1) is 0 Å². The third kappa shape index (κ3) is 6.20. The van der Waals surface area contributed by atoms with Gasteiger partial charge in [0.1, 0.15) is 5.60 Å². The van der Waals surface area contributed by atoms with Gasteiger partial charge in [-0.2, -0.15) is 0 Å². The van der Waals surface area contributed by atoms with Gasteiger partial charge in [-0.25, -0.2) is 4.79 Å². The number of carbonyl (C=O) groups is 1. The van der Waals surface area contributed by atoms with E-state index >= 15 is 0 Å². The molecule has 0 aliphatic heterocycles. The van der Waals surface area contributed by atoms with Crippen molar-refractivity contribution in [3.63, 3.8) is 0 Å². The Hall–Kier alpha value is -1.75. The quantitative estimate of drug-likeness (QED) is 0.753. The van der Waals surface area contributed by atoms with Crippen LogP contribution in [0.4, 0.5) is 10.5 Å². The largest absolute Gasteiger partial charge is 0.444 e. The maximum atomic E-state index is 11.9. The number of hydrogen-bond donors (Lipinski definition) is 3. The zero-order valence-electron chi connectivity index (χ0n) is 16.9. The molecule has 5 heteroatoms. The number of amides is 1. The normalized spacial score (nSPS) is 24.0. The lowest BCUT2D eigenvalue weighted by Gasteiger charge is -2.35. The Morgan fingerprint density at radius 3 is 2.19 bits per heavy atom. The molecule has 1 fully saturated rings. The molecule has 1 aliphatic rings. The van der Waals surface area contributed by atoms with Gasteiger partial charge < -0.3 is 20.5 Å². The summed E-state index contributed by atoms with van der Waals surface area (Å²) >= 11 is 0. The van der Waals surface area contributed by atoms with E-state index in [4.69, 9.17) is 4.74 Å². The number of benzene rings is 1. The van der Waals surface area contributed by atoms with Crippen LogP contribution in [0.1, 0.15) is 66.4 Å². The molecule has 2 rings (SSSR count). The van der Waals surface area contributed by atoms with Gasteiger partial charge in [-0.05, 0) is 63.1 Å². The molecule has 0 heterocycles. The van der Waals surface area contributed by atoms with Gasteiger partial charge in [0, 0.05) is 11.7 Å². The number of carbonyl (C=O) groups excluding carboxylic acids is 1. The molecule has 0 spiro atoms. The molecule has 0 aromatic heterocycles. The number of hydrogen-bond acceptors (Lipinski definition) is 4. The predicted molar refractivity (Wildman–Crippen MR) is 106 cm³/mol. The highest BCUT2D eigenvalue weighted by Crippen LogP contribution is 2.26. The zero-order chi connectivity index (χ0) is 19.5. The van der Waals surface area contributed by atoms with E-state index in [1.54, 1.807) is 0 Å². The second-order valence-corrected chi connectivity index (χ2v) is 9.30. The maximum absolute atomic E-state index is 11.9. The summed E-state index contributed by atoms with van der Waals surface area (Å²) in [6.07, 6.45) is 1.16. The van der Waals surface area contributed by atoms with E-state index in [9.17, 15) is 9.90 Å². The molecule has 0 radical (unpaired) electrons. The smallest absolute Gasteiger partial charge is 0.407 e. The highest BCUT2D eigenvalue weighted by molar-refractivity contribution is 5.68. The van der Waals surface area contributed by atoms with Crippen LogP contribution in [-0.2, 0) is 10.2 Å². The maximum Gasteiger partial charge on any atom is 0.407 e. The molecule has 0 saturated heterocycles. The molecule has 26 heavy (non-hydrogen) atoms. The Labute approximate surface area is 157 Å². The molecule has 3 N–H and O–H groups in total. The number of rotatable bonds is 3. The number of aliphatic hydroxyl groups is 1. The van der Waals surface area contributed by atoms with Crippen molar-refractivity contribution in [2.45, 2.75) is 90.0 Å². The monoisotopic (exact) mass is 362 g/mol. The first-order valence-electron chi connectivity index (χ1n) is 9.49. The highest BCUT2D eigenvalue weighted by atomic mass is 16.6. The van der Waals surface area contributed by atoms with E-state index in [0.717, 1.165) is 18.5 Å². The van der Waals surface area contributed by atoms with Crippen LogP contribution in [0, 0.1) is 0 Å². The van der Waals surface area contributed by atoms with Gasteiger partial charge in [0.05, 0.1) is 12.1 Å². The Morgan fingerprint density at radius 2 is 1.69 bits per heavy atom. The molecular weight excluding hydrogens is 328 g/mol. The van der Waals surface area contributed by atoms with Crippen molar-refractivity contribution in [1.82, 2.24) is 5.32 Å². The van der Waals surface area contributed by atoms with Crippen LogP contribution >= 0.6 is 0 Å². The van der Waals surface area contributed by atoms with Gasteiger partial charge in [0.25, 0.3) is 0 Å². The average molecular weight is 363 g/mol. The zero-order valence-corrected chi connectivity index (χ0v) is 16.9. The summed E-state index contributed by atoms with van der Waals surface area (Å²) in [4.78, 5) is 11.9. The highest BCUT2D eigenvalue weighted by Gasteiger charge is 2.31. The van der Waals surface area contributed by atoms with E-state index in [1.165, 1.54) is 5.56 Å². The minimum atomic E-state index is -0.581. The van der Waals surface area contributed by atoms with Crippen LogP contribution in [0.2, 0.25) is 0 Å². The standard InChI is InChI=1S/C21H34N2O3/c1-20(2,3)14-7-9-15(10-8-14)22-16-11-12-17(18(24)13-16)23-19(25)26-21(4,5)6/h7-10,16-18,22,24H,11-13H2,1-6H3,(H,23,25). The van der Waals surface area contributed by atoms with Crippen molar-refractivity contribution < 1.29 is 14.6 Å². The van der Waals surface area contributed by atoms with E-state index < -0.39 is 17.8 Å². The number of nitrogens with one attached hydrogen (secondary N) is 2. The van der Waals surface area contributed by atoms with Crippen molar-refractivity contribution in [2.75, 3.05) is 5.32 Å². The predicted octanol–water partition coefficient (Wildman–Crippen LogP) is 4.20. The van der Waals surface area contributed by atoms with Crippen LogP contribution in [0.15, 0.2) is 24.3 Å². The molecule has 5 nitrogen and oxygen atoms in total. The lowest BCUT2D eigenvalue weighted by molar-refractivity contribution is 0.0352. The van der Waals surface area contributed by atoms with Crippen molar-refractivity contribution in [3.05, 3.63) is 29.8 Å². The van der Waals surface area contributed by atoms with Gasteiger partial charge in [0.2, 0.25) is 0 Å². The SMILES string of the molecule is CC(C)(C)OC(=O)NC1CCC(Nc2ccc(C(C)(C)C)cc2)CC1O. The van der Waals surface area contributed by atoms with E-state index in [-0.39, 0.29) is 17.5 Å². The summed E-state index contributed by atoms with van der Waals surface area (Å²) in [6.45, 7) is 12.1. The Kier molecular flexibility index (Phi) is 6.22. The van der Waals surface area contributed by atoms with Crippen LogP contribution in [0.25, 0.3) is 0 Å². The molecule has 1 amide bonds. The van der Waals surface area contributed by atoms with Gasteiger partial charge >= 0.3 is 6.09 Å². The van der Waals surface area contributed by atoms with Crippen molar-refractivity contribution in [2.24, 2.45) is 0 Å². The first-order valence-corrected chi connectivity index (χ1v) is 9.49. The van der Waals surface area contributed by atoms with Gasteiger partial charge in [-0.3, -0.25) is 0 Å². The van der Waals surface area contributed by atoms with Crippen molar-refractivity contribution in [1.29, 1.82) is 0 Å². The molecule has 1 aliphatic carbocycles. The number of alkyl carbamates (subject to hydrolysis) is 1. The second kappa shape index (κ2) is 7.87. The molecule has 146 valence electrons. The topological polar surface area (TPSA) is 70.6 Å². The Bertz CT molecular complexity index is 599. The molecule has 3 atom stereocenters. The fourth-order valence-corrected chi connectivity index (χ4v) is 3.21. The van der Waals surface area contributed by atoms with Crippen LogP contribution in [0.3, 0.4) is 0 Å². The summed E-state index contributed by atoms with van der Waals surface area (Å²) < 4.78 is 5.27. The molecule has 1 aromatic rings. The molecular formula is C21H34N2O3. The summed E-state index contributed by atoms with van der Waals surface area (Å²) in [5, 5.41) is 16.7. The average Bonchev–Trinajstić information content (AvgIpc) is 2.48. The van der Waals surface area contributed by atoms with Gasteiger partial charge in [0.15, 0.2) is 0 Å². The fourth-order valence-electron chi connectivity index (χ4n) is 3.21. The number of anilines is 1. The van der Waals surface area contributed by atoms with Crippen LogP contribution < -0.4 is 10.6 Å². The summed E-state index contributed by atoms with van der Waals surface area (Å²) in [7, 11) is 0. The van der Waals surface area contributed by atoms with Crippen molar-refractivity contribution >= 4 is 11.8 Å². The third-order valence-corrected chi connectivity index (χ3v) is 4.64. The van der Waals surface area contributed by atoms with E-state index in [0.29, 0.717) is 6.42 Å². The molecule has 1 aromatic carbocycles. The lowest BCUT2D eigenvalue weighted by Crippen LogP contribution is -2.50. The summed E-state index contributed by atoms with van der Waals surface area (Å²) in [5.41, 5.74) is 1.97. The third-order valence-electron chi connectivity index (χ3n) is 4.64. The first kappa shape index (κ1) is 20.6. The molecule has 1 saturated carbocycles. The van der Waals surface area contributed by atoms with Gasteiger partial charge in [-0.1, -0.05) is 32.9 Å². The Balaban J connectivity index is 1.85. The van der Waals surface area contributed by atoms with Crippen LogP contribution in [0.5, 0.6) is 0 Å². The Morgan fingerprint density at radius 1 is 1.08 bits per heavy atom. The molecule has 3 unspecified atom stereocenters. The van der Waals surface area contributed by atoms with E-state index in [2.05, 4.69) is 55.7 Å². The summed E-state index contributed by atoms with van der Waals surface area (Å²) in [6, 6.07) is 8.42. The minimum absolute atomic E-state index is 0.139. The minimum Gasteiger partial charge on any atom is -0.444 e.